The zero-order valence-corrected chi connectivity index (χ0v) is 11.6. The van der Waals surface area contributed by atoms with Gasteiger partial charge in [-0.3, -0.25) is 10.2 Å². The van der Waals surface area contributed by atoms with Crippen molar-refractivity contribution in [2.45, 2.75) is 51.9 Å². The second-order valence-corrected chi connectivity index (χ2v) is 5.65. The van der Waals surface area contributed by atoms with Gasteiger partial charge in [-0.25, -0.2) is 10.2 Å². The minimum Gasteiger partial charge on any atom is -0.449 e. The van der Waals surface area contributed by atoms with E-state index in [1.54, 1.807) is 6.92 Å². The fraction of sp³-hybridized carbons (Fsp3) is 0.857. The monoisotopic (exact) mass is 268 g/mol. The van der Waals surface area contributed by atoms with E-state index in [1.165, 1.54) is 25.7 Å². The number of fused-ring (bicyclic) bond motifs is 1. The molecule has 0 spiro atoms. The first-order valence-electron chi connectivity index (χ1n) is 7.43. The molecule has 0 bridgehead atoms. The lowest BCUT2D eigenvalue weighted by Gasteiger charge is -2.38. The van der Waals surface area contributed by atoms with E-state index in [1.807, 2.05) is 0 Å². The topological polar surface area (TPSA) is 67.4 Å². The van der Waals surface area contributed by atoms with Crippen molar-refractivity contribution >= 4 is 12.0 Å². The number of rotatable bonds is 2. The molecule has 2 amide bonds. The quantitative estimate of drug-likeness (QED) is 0.755. The first kappa shape index (κ1) is 14.2. The van der Waals surface area contributed by atoms with Crippen molar-refractivity contribution < 1.29 is 14.3 Å². The minimum atomic E-state index is -0.595. The Balaban J connectivity index is 1.75. The maximum atomic E-state index is 12.0. The standard InChI is InChI=1S/C14H24N2O3/c1-2-19-14(18)16-15-13(17)12-8-7-10-5-3-4-6-11(10)9-12/h10-12H,2-9H2,1H3,(H,15,17)(H,16,18)/t10-,11-,12-/m1/s1. The van der Waals surface area contributed by atoms with Crippen LogP contribution in [-0.2, 0) is 9.53 Å². The van der Waals surface area contributed by atoms with Gasteiger partial charge in [0, 0.05) is 5.92 Å². The van der Waals surface area contributed by atoms with E-state index < -0.39 is 6.09 Å². The van der Waals surface area contributed by atoms with Gasteiger partial charge in [0.2, 0.25) is 5.91 Å². The van der Waals surface area contributed by atoms with E-state index >= 15 is 0 Å². The first-order valence-corrected chi connectivity index (χ1v) is 7.43. The van der Waals surface area contributed by atoms with Crippen LogP contribution in [0.15, 0.2) is 0 Å². The molecular weight excluding hydrogens is 244 g/mol. The van der Waals surface area contributed by atoms with E-state index in [4.69, 9.17) is 4.74 Å². The van der Waals surface area contributed by atoms with Crippen molar-refractivity contribution in [3.8, 4) is 0 Å². The number of carbonyl (C=O) groups excluding carboxylic acids is 2. The van der Waals surface area contributed by atoms with Crippen LogP contribution in [0.1, 0.15) is 51.9 Å². The van der Waals surface area contributed by atoms with Crippen LogP contribution in [0.5, 0.6) is 0 Å². The van der Waals surface area contributed by atoms with Crippen LogP contribution in [0.25, 0.3) is 0 Å². The SMILES string of the molecule is CCOC(=O)NNC(=O)[C@@H]1CC[C@H]2CCCC[C@@H]2C1. The lowest BCUT2D eigenvalue weighted by Crippen LogP contribution is -2.46. The molecule has 0 aliphatic heterocycles. The third-order valence-corrected chi connectivity index (χ3v) is 4.47. The Morgan fingerprint density at radius 2 is 1.79 bits per heavy atom. The molecule has 2 aliphatic rings. The molecule has 0 unspecified atom stereocenters. The molecule has 2 saturated carbocycles. The molecule has 0 aromatic rings. The van der Waals surface area contributed by atoms with Crippen molar-refractivity contribution in [2.24, 2.45) is 17.8 Å². The summed E-state index contributed by atoms with van der Waals surface area (Å²) in [5, 5.41) is 0. The van der Waals surface area contributed by atoms with Crippen molar-refractivity contribution in [3.63, 3.8) is 0 Å². The molecule has 5 nitrogen and oxygen atoms in total. The lowest BCUT2D eigenvalue weighted by atomic mass is 9.67. The number of ether oxygens (including phenoxy) is 1. The average molecular weight is 268 g/mol. The largest absolute Gasteiger partial charge is 0.449 e. The number of carbonyl (C=O) groups is 2. The second kappa shape index (κ2) is 6.78. The molecule has 0 aromatic heterocycles. The van der Waals surface area contributed by atoms with Gasteiger partial charge in [-0.15, -0.1) is 0 Å². The Bertz CT molecular complexity index is 333. The van der Waals surface area contributed by atoms with Crippen LogP contribution in [-0.4, -0.2) is 18.6 Å². The van der Waals surface area contributed by atoms with E-state index in [0.29, 0.717) is 12.5 Å². The third kappa shape index (κ3) is 3.85. The summed E-state index contributed by atoms with van der Waals surface area (Å²) in [5.74, 6) is 1.51. The highest BCUT2D eigenvalue weighted by atomic mass is 16.5. The molecule has 0 heterocycles. The van der Waals surface area contributed by atoms with Crippen LogP contribution < -0.4 is 10.9 Å². The third-order valence-electron chi connectivity index (χ3n) is 4.47. The van der Waals surface area contributed by atoms with Crippen LogP contribution >= 0.6 is 0 Å². The molecule has 19 heavy (non-hydrogen) atoms. The normalized spacial score (nSPS) is 30.1. The highest BCUT2D eigenvalue weighted by Crippen LogP contribution is 2.42. The number of hydrazine groups is 1. The van der Waals surface area contributed by atoms with Gasteiger partial charge in [-0.2, -0.15) is 0 Å². The summed E-state index contributed by atoms with van der Waals surface area (Å²) in [6.45, 7) is 2.03. The molecular formula is C14H24N2O3. The Labute approximate surface area is 114 Å². The van der Waals surface area contributed by atoms with Gasteiger partial charge in [-0.05, 0) is 38.0 Å². The molecule has 2 fully saturated rings. The molecule has 108 valence electrons. The van der Waals surface area contributed by atoms with E-state index in [9.17, 15) is 9.59 Å². The van der Waals surface area contributed by atoms with Crippen LogP contribution in [0.2, 0.25) is 0 Å². The summed E-state index contributed by atoms with van der Waals surface area (Å²) >= 11 is 0. The predicted molar refractivity (Wildman–Crippen MR) is 71.1 cm³/mol. The summed E-state index contributed by atoms with van der Waals surface area (Å²) in [4.78, 5) is 23.1. The summed E-state index contributed by atoms with van der Waals surface area (Å²) in [6.07, 6.45) is 7.72. The zero-order valence-electron chi connectivity index (χ0n) is 11.6. The van der Waals surface area contributed by atoms with Gasteiger partial charge in [0.15, 0.2) is 0 Å². The Kier molecular flexibility index (Phi) is 5.05. The van der Waals surface area contributed by atoms with Crippen molar-refractivity contribution in [3.05, 3.63) is 0 Å². The molecule has 2 aliphatic carbocycles. The van der Waals surface area contributed by atoms with Crippen molar-refractivity contribution in [2.75, 3.05) is 6.61 Å². The minimum absolute atomic E-state index is 0.0428. The molecule has 0 aromatic carbocycles. The van der Waals surface area contributed by atoms with Gasteiger partial charge in [0.1, 0.15) is 0 Å². The van der Waals surface area contributed by atoms with Gasteiger partial charge >= 0.3 is 6.09 Å². The van der Waals surface area contributed by atoms with E-state index in [-0.39, 0.29) is 11.8 Å². The molecule has 2 rings (SSSR count). The number of amides is 2. The van der Waals surface area contributed by atoms with Gasteiger partial charge in [-0.1, -0.05) is 25.7 Å². The number of hydrogen-bond donors (Lipinski definition) is 2. The van der Waals surface area contributed by atoms with Crippen LogP contribution in [0, 0.1) is 17.8 Å². The van der Waals surface area contributed by atoms with E-state index in [0.717, 1.165) is 25.2 Å². The number of hydrogen-bond acceptors (Lipinski definition) is 3. The highest BCUT2D eigenvalue weighted by molar-refractivity contribution is 5.81. The molecule has 5 heteroatoms. The highest BCUT2D eigenvalue weighted by Gasteiger charge is 2.35. The second-order valence-electron chi connectivity index (χ2n) is 5.65. The molecule has 0 saturated heterocycles. The fourth-order valence-corrected chi connectivity index (χ4v) is 3.49. The number of nitrogens with one attached hydrogen (secondary N) is 2. The summed E-state index contributed by atoms with van der Waals surface area (Å²) in [5.41, 5.74) is 4.76. The lowest BCUT2D eigenvalue weighted by molar-refractivity contribution is -0.128. The van der Waals surface area contributed by atoms with Crippen molar-refractivity contribution in [1.82, 2.24) is 10.9 Å². The molecule has 0 radical (unpaired) electrons. The average Bonchev–Trinajstić information content (AvgIpc) is 2.44. The zero-order chi connectivity index (χ0) is 13.7. The Morgan fingerprint density at radius 1 is 1.05 bits per heavy atom. The summed E-state index contributed by atoms with van der Waals surface area (Å²) in [7, 11) is 0. The molecule has 3 atom stereocenters. The van der Waals surface area contributed by atoms with E-state index in [2.05, 4.69) is 10.9 Å². The Morgan fingerprint density at radius 3 is 2.53 bits per heavy atom. The van der Waals surface area contributed by atoms with Crippen LogP contribution in [0.3, 0.4) is 0 Å². The van der Waals surface area contributed by atoms with Gasteiger partial charge in [0.25, 0.3) is 0 Å². The summed E-state index contributed by atoms with van der Waals surface area (Å²) in [6, 6.07) is 0. The molecule has 2 N–H and O–H groups in total. The Hall–Kier alpha value is -1.26. The summed E-state index contributed by atoms with van der Waals surface area (Å²) < 4.78 is 4.70. The first-order chi connectivity index (χ1) is 9.20. The maximum absolute atomic E-state index is 12.0. The predicted octanol–water partition coefficient (Wildman–Crippen LogP) is 2.37. The van der Waals surface area contributed by atoms with Gasteiger partial charge in [0.05, 0.1) is 6.61 Å². The fourth-order valence-electron chi connectivity index (χ4n) is 3.49. The smallest absolute Gasteiger partial charge is 0.426 e. The maximum Gasteiger partial charge on any atom is 0.426 e. The van der Waals surface area contributed by atoms with Crippen molar-refractivity contribution in [1.29, 1.82) is 0 Å². The van der Waals surface area contributed by atoms with Gasteiger partial charge < -0.3 is 4.74 Å². The van der Waals surface area contributed by atoms with Crippen LogP contribution in [0.4, 0.5) is 4.79 Å².